The highest BCUT2D eigenvalue weighted by atomic mass is 16.5. The molecule has 0 bridgehead atoms. The molecule has 1 aromatic rings. The normalized spacial score (nSPS) is 26.6. The predicted molar refractivity (Wildman–Crippen MR) is 122 cm³/mol. The van der Waals surface area contributed by atoms with Crippen LogP contribution in [0, 0.1) is 5.92 Å². The molecule has 1 aromatic carbocycles. The zero-order valence-electron chi connectivity index (χ0n) is 19.1. The number of allylic oxidation sites excluding steroid dienone is 1. The van der Waals surface area contributed by atoms with Gasteiger partial charge < -0.3 is 20.1 Å². The third-order valence-corrected chi connectivity index (χ3v) is 6.63. The lowest BCUT2D eigenvalue weighted by molar-refractivity contribution is -0.106. The molecule has 2 rings (SSSR count). The average Bonchev–Trinajstić information content (AvgIpc) is 2.87. The monoisotopic (exact) mass is 416 g/mol. The van der Waals surface area contributed by atoms with Crippen molar-refractivity contribution >= 4 is 0 Å². The van der Waals surface area contributed by atoms with E-state index >= 15 is 0 Å². The summed E-state index contributed by atoms with van der Waals surface area (Å²) < 4.78 is 6.10. The molecule has 0 aromatic heterocycles. The van der Waals surface area contributed by atoms with Crippen LogP contribution in [-0.4, -0.2) is 40.2 Å². The Labute approximate surface area is 182 Å². The van der Waals surface area contributed by atoms with Crippen LogP contribution in [0.15, 0.2) is 53.6 Å². The first-order valence-electron chi connectivity index (χ1n) is 11.2. The Bertz CT molecular complexity index is 707. The smallest absolute Gasteiger partial charge is 0.0956 e. The molecule has 4 nitrogen and oxygen atoms in total. The van der Waals surface area contributed by atoms with Crippen LogP contribution in [0.25, 0.3) is 0 Å². The van der Waals surface area contributed by atoms with Crippen LogP contribution in [0.1, 0.15) is 71.8 Å². The van der Waals surface area contributed by atoms with Crippen LogP contribution in [-0.2, 0) is 10.3 Å². The van der Waals surface area contributed by atoms with Gasteiger partial charge in [0.2, 0.25) is 0 Å². The zero-order valence-corrected chi connectivity index (χ0v) is 19.1. The number of rotatable bonds is 9. The van der Waals surface area contributed by atoms with Crippen LogP contribution in [0.4, 0.5) is 0 Å². The predicted octanol–water partition coefficient (Wildman–Crippen LogP) is 4.89. The summed E-state index contributed by atoms with van der Waals surface area (Å²) in [4.78, 5) is 0. The maximum absolute atomic E-state index is 11.6. The largest absolute Gasteiger partial charge is 0.392 e. The average molecular weight is 417 g/mol. The summed E-state index contributed by atoms with van der Waals surface area (Å²) in [5.74, 6) is 0.0619. The minimum Gasteiger partial charge on any atom is -0.392 e. The van der Waals surface area contributed by atoms with E-state index in [0.29, 0.717) is 19.4 Å². The molecule has 4 atom stereocenters. The van der Waals surface area contributed by atoms with Crippen molar-refractivity contribution in [1.82, 2.24) is 0 Å². The van der Waals surface area contributed by atoms with Crippen molar-refractivity contribution in [2.45, 2.75) is 83.5 Å². The lowest BCUT2D eigenvalue weighted by Crippen LogP contribution is -2.41. The molecule has 0 saturated carbocycles. The first kappa shape index (κ1) is 24.8. The topological polar surface area (TPSA) is 69.9 Å². The van der Waals surface area contributed by atoms with Crippen molar-refractivity contribution < 1.29 is 20.1 Å². The molecule has 1 aliphatic rings. The highest BCUT2D eigenvalue weighted by Crippen LogP contribution is 2.38. The Kier molecular flexibility index (Phi) is 9.30. The first-order valence-corrected chi connectivity index (χ1v) is 11.2. The first-order chi connectivity index (χ1) is 14.2. The molecule has 1 saturated heterocycles. The Morgan fingerprint density at radius 3 is 2.63 bits per heavy atom. The van der Waals surface area contributed by atoms with Gasteiger partial charge in [-0.1, -0.05) is 61.4 Å². The van der Waals surface area contributed by atoms with Crippen LogP contribution < -0.4 is 0 Å². The van der Waals surface area contributed by atoms with Crippen molar-refractivity contribution in [2.24, 2.45) is 5.92 Å². The number of benzene rings is 1. The molecule has 168 valence electrons. The van der Waals surface area contributed by atoms with Crippen LogP contribution in [0.3, 0.4) is 0 Å². The minimum absolute atomic E-state index is 0.00671. The van der Waals surface area contributed by atoms with E-state index in [-0.39, 0.29) is 12.5 Å². The summed E-state index contributed by atoms with van der Waals surface area (Å²) in [5.41, 5.74) is 1.68. The molecule has 0 spiro atoms. The highest BCUT2D eigenvalue weighted by Gasteiger charge is 2.38. The molecule has 0 radical (unpaired) electrons. The molecule has 2 unspecified atom stereocenters. The molecular formula is C26H40O4. The number of hydrogen-bond donors (Lipinski definition) is 3. The van der Waals surface area contributed by atoms with E-state index in [4.69, 9.17) is 9.84 Å². The van der Waals surface area contributed by atoms with E-state index in [1.54, 1.807) is 6.08 Å². The summed E-state index contributed by atoms with van der Waals surface area (Å²) in [6.45, 7) is 8.67. The van der Waals surface area contributed by atoms with Gasteiger partial charge in [-0.25, -0.2) is 0 Å². The quantitative estimate of drug-likeness (QED) is 0.502. The summed E-state index contributed by atoms with van der Waals surface area (Å²) in [6, 6.07) is 9.93. The van der Waals surface area contributed by atoms with Crippen LogP contribution in [0.2, 0.25) is 0 Å². The Morgan fingerprint density at radius 2 is 2.00 bits per heavy atom. The van der Waals surface area contributed by atoms with Crippen molar-refractivity contribution in [3.8, 4) is 0 Å². The second kappa shape index (κ2) is 11.2. The zero-order chi connectivity index (χ0) is 22.2. The summed E-state index contributed by atoms with van der Waals surface area (Å²) >= 11 is 0. The molecule has 4 heteroatoms. The van der Waals surface area contributed by atoms with Crippen LogP contribution >= 0.6 is 0 Å². The highest BCUT2D eigenvalue weighted by molar-refractivity contribution is 5.24. The third-order valence-electron chi connectivity index (χ3n) is 6.63. The van der Waals surface area contributed by atoms with Crippen molar-refractivity contribution in [2.75, 3.05) is 13.2 Å². The van der Waals surface area contributed by atoms with Gasteiger partial charge in [-0.3, -0.25) is 0 Å². The minimum atomic E-state index is -0.917. The molecule has 30 heavy (non-hydrogen) atoms. The number of ether oxygens (including phenoxy) is 1. The van der Waals surface area contributed by atoms with E-state index in [1.165, 1.54) is 5.57 Å². The van der Waals surface area contributed by atoms with Gasteiger partial charge in [-0.05, 0) is 69.9 Å². The maximum Gasteiger partial charge on any atom is 0.0956 e. The summed E-state index contributed by atoms with van der Waals surface area (Å²) in [6.07, 6.45) is 7.78. The molecule has 0 aliphatic carbocycles. The lowest BCUT2D eigenvalue weighted by atomic mass is 9.76. The number of hydrogen-bond acceptors (Lipinski definition) is 4. The fraction of sp³-hybridized carbons (Fsp3) is 0.615. The van der Waals surface area contributed by atoms with E-state index in [0.717, 1.165) is 36.8 Å². The van der Waals surface area contributed by atoms with Crippen LogP contribution in [0.5, 0.6) is 0 Å². The fourth-order valence-corrected chi connectivity index (χ4v) is 4.27. The molecule has 1 heterocycles. The third kappa shape index (κ3) is 6.52. The molecule has 1 aliphatic heterocycles. The second-order valence-corrected chi connectivity index (χ2v) is 9.27. The Hall–Kier alpha value is -1.46. The summed E-state index contributed by atoms with van der Waals surface area (Å²) in [7, 11) is 0. The standard InChI is InChI=1S/C26H40O4/c1-20(2)14-17-26(29,23-10-6-5-7-11-23)21(3)9-8-16-25(4)24(28)13-12-22(15-18-27)19-30-25/h5-7,10-11,14-15,21,24,27-29H,8-9,12-13,16-19H2,1-4H3/t21?,24-,25+,26?/m1/s1. The molecule has 1 fully saturated rings. The lowest BCUT2D eigenvalue weighted by Gasteiger charge is -2.36. The van der Waals surface area contributed by atoms with E-state index < -0.39 is 17.3 Å². The van der Waals surface area contributed by atoms with Gasteiger partial charge >= 0.3 is 0 Å². The molecular weight excluding hydrogens is 376 g/mol. The van der Waals surface area contributed by atoms with Crippen molar-refractivity contribution in [3.63, 3.8) is 0 Å². The van der Waals surface area contributed by atoms with E-state index in [2.05, 4.69) is 26.8 Å². The van der Waals surface area contributed by atoms with Gasteiger partial charge in [0, 0.05) is 0 Å². The van der Waals surface area contributed by atoms with Gasteiger partial charge in [-0.2, -0.15) is 0 Å². The molecule has 0 amide bonds. The Morgan fingerprint density at radius 1 is 1.30 bits per heavy atom. The Balaban J connectivity index is 2.05. The SMILES string of the molecule is CC(C)=CCC(O)(c1ccccc1)C(C)CCC[C@]1(C)OCC(=CCO)CC[C@H]1O. The van der Waals surface area contributed by atoms with Crippen molar-refractivity contribution in [3.05, 3.63) is 59.2 Å². The number of aliphatic hydroxyl groups excluding tert-OH is 2. The van der Waals surface area contributed by atoms with Gasteiger partial charge in [-0.15, -0.1) is 0 Å². The maximum atomic E-state index is 11.6. The second-order valence-electron chi connectivity index (χ2n) is 9.27. The van der Waals surface area contributed by atoms with Gasteiger partial charge in [0.1, 0.15) is 0 Å². The van der Waals surface area contributed by atoms with Crippen molar-refractivity contribution in [1.29, 1.82) is 0 Å². The molecule has 3 N–H and O–H groups in total. The summed E-state index contributed by atoms with van der Waals surface area (Å²) in [5, 5.41) is 31.4. The van der Waals surface area contributed by atoms with Gasteiger partial charge in [0.15, 0.2) is 0 Å². The van der Waals surface area contributed by atoms with E-state index in [1.807, 2.05) is 37.3 Å². The van der Waals surface area contributed by atoms with Gasteiger partial charge in [0.25, 0.3) is 0 Å². The van der Waals surface area contributed by atoms with E-state index in [9.17, 15) is 10.2 Å². The van der Waals surface area contributed by atoms with Gasteiger partial charge in [0.05, 0.1) is 30.5 Å². The number of aliphatic hydroxyl groups is 3. The fourth-order valence-electron chi connectivity index (χ4n) is 4.27.